The molecule has 1 aliphatic heterocycles. The smallest absolute Gasteiger partial charge is 0.259 e. The third kappa shape index (κ3) is 4.28. The van der Waals surface area contributed by atoms with Crippen LogP contribution in [0.3, 0.4) is 0 Å². The lowest BCUT2D eigenvalue weighted by Crippen LogP contribution is -2.30. The Kier molecular flexibility index (Phi) is 5.53. The van der Waals surface area contributed by atoms with Crippen molar-refractivity contribution in [2.75, 3.05) is 26.7 Å². The maximum absolute atomic E-state index is 12.5. The van der Waals surface area contributed by atoms with Crippen LogP contribution in [0.5, 0.6) is 5.88 Å². The minimum Gasteiger partial charge on any atom is -0.477 e. The van der Waals surface area contributed by atoms with E-state index in [1.807, 2.05) is 13.8 Å². The molecule has 7 nitrogen and oxygen atoms in total. The van der Waals surface area contributed by atoms with E-state index in [1.54, 1.807) is 23.3 Å². The molecular weight excluding hydrogens is 318 g/mol. The highest BCUT2D eigenvalue weighted by Gasteiger charge is 2.19. The van der Waals surface area contributed by atoms with E-state index in [2.05, 4.69) is 26.9 Å². The van der Waals surface area contributed by atoms with Crippen LogP contribution in [-0.2, 0) is 0 Å². The number of imidazole rings is 1. The molecule has 0 bridgehead atoms. The van der Waals surface area contributed by atoms with E-state index >= 15 is 0 Å². The Morgan fingerprint density at radius 3 is 2.76 bits per heavy atom. The maximum Gasteiger partial charge on any atom is 0.259 e. The molecule has 0 atom stereocenters. The fraction of sp³-hybridized carbons (Fsp3) is 0.611. The molecular formula is C18H27N5O2. The molecule has 0 aromatic carbocycles. The average Bonchev–Trinajstić information content (AvgIpc) is 3.10. The van der Waals surface area contributed by atoms with Crippen LogP contribution in [0.15, 0.2) is 23.5 Å². The van der Waals surface area contributed by atoms with Crippen LogP contribution in [-0.4, -0.2) is 51.2 Å². The van der Waals surface area contributed by atoms with Crippen molar-refractivity contribution in [1.29, 1.82) is 0 Å². The number of nitrogens with one attached hydrogen (secondary N) is 1. The molecule has 7 heteroatoms. The number of ether oxygens (including phenoxy) is 1. The maximum atomic E-state index is 12.5. The van der Waals surface area contributed by atoms with Crippen LogP contribution < -0.4 is 10.3 Å². The summed E-state index contributed by atoms with van der Waals surface area (Å²) in [5.41, 5.74) is 0.454. The molecule has 0 saturated carbocycles. The fourth-order valence-electron chi connectivity index (χ4n) is 3.25. The van der Waals surface area contributed by atoms with Gasteiger partial charge in [0.25, 0.3) is 5.56 Å². The molecule has 0 spiro atoms. The number of H-pyrrole nitrogens is 1. The number of piperidine rings is 1. The van der Waals surface area contributed by atoms with Gasteiger partial charge in [-0.25, -0.2) is 4.98 Å². The first-order chi connectivity index (χ1) is 12.0. The molecule has 0 amide bonds. The fourth-order valence-corrected chi connectivity index (χ4v) is 3.25. The van der Waals surface area contributed by atoms with Crippen molar-refractivity contribution in [2.45, 2.75) is 39.0 Å². The third-order valence-corrected chi connectivity index (χ3v) is 4.84. The van der Waals surface area contributed by atoms with Crippen molar-refractivity contribution in [2.24, 2.45) is 5.92 Å². The number of hydrogen-bond acceptors (Lipinski definition) is 5. The van der Waals surface area contributed by atoms with E-state index in [4.69, 9.17) is 4.74 Å². The standard InChI is InChI=1S/C18H27N5O2/c1-13(2)15-16(24)20-18(23-10-7-19-12-23)21-17(15)25-11-6-14-4-8-22(3)9-5-14/h7,10,12-14H,4-6,8-9,11H2,1-3H3,(H,20,21,24). The first-order valence-corrected chi connectivity index (χ1v) is 8.98. The average molecular weight is 345 g/mol. The Bertz CT molecular complexity index is 730. The Morgan fingerprint density at radius 2 is 2.12 bits per heavy atom. The predicted molar refractivity (Wildman–Crippen MR) is 96.4 cm³/mol. The first kappa shape index (κ1) is 17.7. The normalized spacial score (nSPS) is 16.5. The third-order valence-electron chi connectivity index (χ3n) is 4.84. The van der Waals surface area contributed by atoms with Crippen molar-refractivity contribution in [3.8, 4) is 11.8 Å². The minimum absolute atomic E-state index is 0.0476. The van der Waals surface area contributed by atoms with E-state index in [9.17, 15) is 4.79 Å². The summed E-state index contributed by atoms with van der Waals surface area (Å²) in [7, 11) is 2.17. The van der Waals surface area contributed by atoms with Crippen LogP contribution in [0.25, 0.3) is 5.95 Å². The number of rotatable bonds is 6. The first-order valence-electron chi connectivity index (χ1n) is 8.98. The molecule has 1 N–H and O–H groups in total. The quantitative estimate of drug-likeness (QED) is 0.868. The number of hydrogen-bond donors (Lipinski definition) is 1. The summed E-state index contributed by atoms with van der Waals surface area (Å²) in [5.74, 6) is 1.61. The van der Waals surface area contributed by atoms with Crippen LogP contribution in [0.1, 0.15) is 44.6 Å². The molecule has 1 saturated heterocycles. The molecule has 1 fully saturated rings. The van der Waals surface area contributed by atoms with Gasteiger partial charge in [0.2, 0.25) is 11.8 Å². The van der Waals surface area contributed by atoms with Gasteiger partial charge in [0.15, 0.2) is 0 Å². The SMILES string of the molecule is CC(C)c1c(OCCC2CCN(C)CC2)nc(-n2ccnc2)[nH]c1=O. The van der Waals surface area contributed by atoms with Crippen LogP contribution in [0.4, 0.5) is 0 Å². The molecule has 3 heterocycles. The Morgan fingerprint density at radius 1 is 1.36 bits per heavy atom. The van der Waals surface area contributed by atoms with E-state index in [1.165, 1.54) is 12.8 Å². The Balaban J connectivity index is 1.73. The number of nitrogens with zero attached hydrogens (tertiary/aromatic N) is 4. The highest BCUT2D eigenvalue weighted by atomic mass is 16.5. The van der Waals surface area contributed by atoms with E-state index in [0.717, 1.165) is 19.5 Å². The lowest BCUT2D eigenvalue weighted by atomic mass is 9.94. The van der Waals surface area contributed by atoms with E-state index in [-0.39, 0.29) is 11.5 Å². The van der Waals surface area contributed by atoms with Gasteiger partial charge in [-0.05, 0) is 51.2 Å². The molecule has 1 aliphatic rings. The highest BCUT2D eigenvalue weighted by Crippen LogP contribution is 2.23. The predicted octanol–water partition coefficient (Wildman–Crippen LogP) is 2.19. The van der Waals surface area contributed by atoms with Gasteiger partial charge in [-0.1, -0.05) is 13.8 Å². The van der Waals surface area contributed by atoms with E-state index < -0.39 is 0 Å². The summed E-state index contributed by atoms with van der Waals surface area (Å²) in [4.78, 5) is 26.2. The summed E-state index contributed by atoms with van der Waals surface area (Å²) in [6.45, 7) is 6.85. The van der Waals surface area contributed by atoms with Crippen LogP contribution >= 0.6 is 0 Å². The summed E-state index contributed by atoms with van der Waals surface area (Å²) in [5, 5.41) is 0. The molecule has 0 aliphatic carbocycles. The monoisotopic (exact) mass is 345 g/mol. The van der Waals surface area contributed by atoms with E-state index in [0.29, 0.717) is 29.9 Å². The largest absolute Gasteiger partial charge is 0.477 e. The molecule has 2 aromatic heterocycles. The van der Waals surface area contributed by atoms with Crippen molar-refractivity contribution in [3.05, 3.63) is 34.6 Å². The lowest BCUT2D eigenvalue weighted by molar-refractivity contribution is 0.184. The Hall–Kier alpha value is -2.15. The summed E-state index contributed by atoms with van der Waals surface area (Å²) < 4.78 is 7.65. The topological polar surface area (TPSA) is 76.0 Å². The number of likely N-dealkylation sites (tertiary alicyclic amines) is 1. The number of aromatic amines is 1. The molecule has 2 aromatic rings. The second kappa shape index (κ2) is 7.82. The Labute approximate surface area is 148 Å². The summed E-state index contributed by atoms with van der Waals surface area (Å²) in [6, 6.07) is 0. The van der Waals surface area contributed by atoms with Crippen LogP contribution in [0, 0.1) is 5.92 Å². The highest BCUT2D eigenvalue weighted by molar-refractivity contribution is 5.30. The zero-order valence-electron chi connectivity index (χ0n) is 15.2. The van der Waals surface area contributed by atoms with Gasteiger partial charge in [-0.15, -0.1) is 0 Å². The van der Waals surface area contributed by atoms with Gasteiger partial charge < -0.3 is 9.64 Å². The van der Waals surface area contributed by atoms with Gasteiger partial charge in [0.05, 0.1) is 12.2 Å². The summed E-state index contributed by atoms with van der Waals surface area (Å²) in [6.07, 6.45) is 8.42. The zero-order chi connectivity index (χ0) is 17.8. The van der Waals surface area contributed by atoms with Gasteiger partial charge in [0, 0.05) is 12.4 Å². The second-order valence-corrected chi connectivity index (χ2v) is 7.12. The minimum atomic E-state index is -0.150. The van der Waals surface area contributed by atoms with Crippen molar-refractivity contribution in [3.63, 3.8) is 0 Å². The van der Waals surface area contributed by atoms with Gasteiger partial charge >= 0.3 is 0 Å². The summed E-state index contributed by atoms with van der Waals surface area (Å²) >= 11 is 0. The molecule has 136 valence electrons. The second-order valence-electron chi connectivity index (χ2n) is 7.12. The van der Waals surface area contributed by atoms with Gasteiger partial charge in [0.1, 0.15) is 6.33 Å². The van der Waals surface area contributed by atoms with Crippen molar-refractivity contribution in [1.82, 2.24) is 24.4 Å². The molecule has 3 rings (SSSR count). The zero-order valence-corrected chi connectivity index (χ0v) is 15.2. The number of aromatic nitrogens is 4. The molecule has 25 heavy (non-hydrogen) atoms. The van der Waals surface area contributed by atoms with Crippen LogP contribution in [0.2, 0.25) is 0 Å². The molecule has 0 unspecified atom stereocenters. The van der Waals surface area contributed by atoms with Crippen molar-refractivity contribution >= 4 is 0 Å². The van der Waals surface area contributed by atoms with Crippen molar-refractivity contribution < 1.29 is 4.74 Å². The van der Waals surface area contributed by atoms with Gasteiger partial charge in [-0.2, -0.15) is 4.98 Å². The molecule has 0 radical (unpaired) electrons. The van der Waals surface area contributed by atoms with Gasteiger partial charge in [-0.3, -0.25) is 14.3 Å². The lowest BCUT2D eigenvalue weighted by Gasteiger charge is -2.28.